The van der Waals surface area contributed by atoms with Gasteiger partial charge in [-0.2, -0.15) is 5.10 Å². The number of carbonyl (C=O) groups is 1. The van der Waals surface area contributed by atoms with E-state index in [0.29, 0.717) is 12.5 Å². The fourth-order valence-corrected chi connectivity index (χ4v) is 3.36. The van der Waals surface area contributed by atoms with E-state index in [1.165, 1.54) is 17.6 Å². The van der Waals surface area contributed by atoms with Crippen LogP contribution in [-0.2, 0) is 16.6 Å². The Balaban J connectivity index is 1.64. The van der Waals surface area contributed by atoms with Crippen molar-refractivity contribution in [2.45, 2.75) is 45.6 Å². The first-order chi connectivity index (χ1) is 10.6. The second-order valence-corrected chi connectivity index (χ2v) is 6.45. The van der Waals surface area contributed by atoms with Gasteiger partial charge in [0, 0.05) is 43.5 Å². The molecule has 0 unspecified atom stereocenters. The summed E-state index contributed by atoms with van der Waals surface area (Å²) in [5.41, 5.74) is 4.64. The normalized spacial score (nSPS) is 24.2. The van der Waals surface area contributed by atoms with E-state index >= 15 is 0 Å². The minimum Gasteiger partial charge on any atom is -0.373 e. The van der Waals surface area contributed by atoms with E-state index in [1.807, 2.05) is 18.7 Å². The predicted molar refractivity (Wildman–Crippen MR) is 84.4 cm³/mol. The third-order valence-corrected chi connectivity index (χ3v) is 4.93. The number of aromatic nitrogens is 2. The molecule has 1 saturated carbocycles. The minimum absolute atomic E-state index is 0.0416. The Hall–Kier alpha value is -1.62. The fourth-order valence-electron chi connectivity index (χ4n) is 3.36. The van der Waals surface area contributed by atoms with Crippen LogP contribution in [0.4, 0.5) is 0 Å². The molecule has 1 aliphatic heterocycles. The van der Waals surface area contributed by atoms with E-state index in [-0.39, 0.29) is 12.0 Å². The van der Waals surface area contributed by atoms with Crippen LogP contribution in [0.15, 0.2) is 11.6 Å². The van der Waals surface area contributed by atoms with Crippen LogP contribution in [0.5, 0.6) is 0 Å². The Labute approximate surface area is 131 Å². The molecule has 2 atom stereocenters. The largest absolute Gasteiger partial charge is 0.373 e. The number of hydrogen-bond donors (Lipinski definition) is 1. The third kappa shape index (κ3) is 2.95. The highest BCUT2D eigenvalue weighted by Crippen LogP contribution is 2.37. The molecule has 0 bridgehead atoms. The van der Waals surface area contributed by atoms with Gasteiger partial charge in [-0.1, -0.05) is 5.57 Å². The average molecular weight is 303 g/mol. The van der Waals surface area contributed by atoms with Crippen LogP contribution in [0.25, 0.3) is 0 Å². The molecule has 1 amide bonds. The van der Waals surface area contributed by atoms with E-state index in [0.717, 1.165) is 37.3 Å². The Morgan fingerprint density at radius 1 is 1.45 bits per heavy atom. The standard InChI is InChI=1S/C17H25N3O2/c1-11-16(12(2)20(3)19-11)17-14(7-8-22-17)10-18-15(21)9-13-5-4-6-13/h9,14,17H,4-8,10H2,1-3H3,(H,18,21)/t14-,17+/m1/s1. The van der Waals surface area contributed by atoms with Crippen LogP contribution in [0.3, 0.4) is 0 Å². The Morgan fingerprint density at radius 3 is 2.82 bits per heavy atom. The minimum atomic E-state index is 0.0416. The van der Waals surface area contributed by atoms with E-state index in [2.05, 4.69) is 17.3 Å². The topological polar surface area (TPSA) is 56.1 Å². The van der Waals surface area contributed by atoms with Gasteiger partial charge in [0.2, 0.25) is 5.91 Å². The molecule has 22 heavy (non-hydrogen) atoms. The van der Waals surface area contributed by atoms with Gasteiger partial charge in [-0.25, -0.2) is 0 Å². The number of aryl methyl sites for hydroxylation is 2. The zero-order chi connectivity index (χ0) is 15.7. The van der Waals surface area contributed by atoms with Gasteiger partial charge in [0.15, 0.2) is 0 Å². The van der Waals surface area contributed by atoms with Gasteiger partial charge in [-0.15, -0.1) is 0 Å². The summed E-state index contributed by atoms with van der Waals surface area (Å²) in [6.07, 6.45) is 6.18. The molecular formula is C17H25N3O2. The molecule has 5 nitrogen and oxygen atoms in total. The summed E-state index contributed by atoms with van der Waals surface area (Å²) in [6, 6.07) is 0. The van der Waals surface area contributed by atoms with Crippen molar-refractivity contribution in [1.82, 2.24) is 15.1 Å². The molecule has 2 heterocycles. The lowest BCUT2D eigenvalue weighted by Gasteiger charge is -2.20. The average Bonchev–Trinajstić information content (AvgIpc) is 2.97. The van der Waals surface area contributed by atoms with Gasteiger partial charge in [0.25, 0.3) is 0 Å². The van der Waals surface area contributed by atoms with Crippen molar-refractivity contribution < 1.29 is 9.53 Å². The van der Waals surface area contributed by atoms with E-state index in [1.54, 1.807) is 6.08 Å². The lowest BCUT2D eigenvalue weighted by atomic mass is 9.92. The first-order valence-corrected chi connectivity index (χ1v) is 8.15. The third-order valence-electron chi connectivity index (χ3n) is 4.93. The highest BCUT2D eigenvalue weighted by Gasteiger charge is 2.33. The molecule has 1 aromatic rings. The van der Waals surface area contributed by atoms with Crippen LogP contribution < -0.4 is 5.32 Å². The molecule has 5 heteroatoms. The number of hydrogen-bond acceptors (Lipinski definition) is 3. The van der Waals surface area contributed by atoms with Gasteiger partial charge in [0.05, 0.1) is 11.8 Å². The highest BCUT2D eigenvalue weighted by atomic mass is 16.5. The number of rotatable bonds is 4. The molecule has 0 spiro atoms. The number of carbonyl (C=O) groups excluding carboxylic acids is 1. The first kappa shape index (κ1) is 15.3. The molecule has 1 saturated heterocycles. The summed E-state index contributed by atoms with van der Waals surface area (Å²) in [4.78, 5) is 11.9. The zero-order valence-electron chi connectivity index (χ0n) is 13.7. The second kappa shape index (κ2) is 6.24. The summed E-state index contributed by atoms with van der Waals surface area (Å²) in [7, 11) is 1.96. The number of nitrogens with zero attached hydrogens (tertiary/aromatic N) is 2. The summed E-state index contributed by atoms with van der Waals surface area (Å²) in [6.45, 7) is 5.52. The molecule has 0 radical (unpaired) electrons. The summed E-state index contributed by atoms with van der Waals surface area (Å²) in [5.74, 6) is 0.366. The second-order valence-electron chi connectivity index (χ2n) is 6.45. The number of nitrogens with one attached hydrogen (secondary N) is 1. The maximum atomic E-state index is 11.9. The lowest BCUT2D eigenvalue weighted by Crippen LogP contribution is -2.30. The monoisotopic (exact) mass is 303 g/mol. The van der Waals surface area contributed by atoms with E-state index in [9.17, 15) is 4.79 Å². The first-order valence-electron chi connectivity index (χ1n) is 8.15. The predicted octanol–water partition coefficient (Wildman–Crippen LogP) is 2.34. The highest BCUT2D eigenvalue weighted by molar-refractivity contribution is 5.88. The molecule has 3 rings (SSSR count). The molecule has 120 valence electrons. The smallest absolute Gasteiger partial charge is 0.243 e. The molecule has 1 N–H and O–H groups in total. The van der Waals surface area contributed by atoms with Gasteiger partial charge in [0.1, 0.15) is 0 Å². The Morgan fingerprint density at radius 2 is 2.23 bits per heavy atom. The fraction of sp³-hybridized carbons (Fsp3) is 0.647. The molecule has 2 aliphatic rings. The Bertz CT molecular complexity index is 597. The summed E-state index contributed by atoms with van der Waals surface area (Å²) >= 11 is 0. The van der Waals surface area contributed by atoms with Crippen molar-refractivity contribution in [3.63, 3.8) is 0 Å². The number of allylic oxidation sites excluding steroid dienone is 1. The van der Waals surface area contributed by atoms with Gasteiger partial charge in [-0.3, -0.25) is 9.48 Å². The summed E-state index contributed by atoms with van der Waals surface area (Å²) in [5, 5.41) is 7.53. The van der Waals surface area contributed by atoms with Crippen molar-refractivity contribution in [1.29, 1.82) is 0 Å². The molecule has 0 aromatic carbocycles. The van der Waals surface area contributed by atoms with Crippen molar-refractivity contribution in [3.05, 3.63) is 28.6 Å². The van der Waals surface area contributed by atoms with Gasteiger partial charge < -0.3 is 10.1 Å². The molecule has 1 aliphatic carbocycles. The number of amides is 1. The molecular weight excluding hydrogens is 278 g/mol. The Kier molecular flexibility index (Phi) is 4.34. The molecule has 1 aromatic heterocycles. The van der Waals surface area contributed by atoms with Crippen LogP contribution in [0, 0.1) is 19.8 Å². The van der Waals surface area contributed by atoms with Crippen molar-refractivity contribution in [2.75, 3.05) is 13.2 Å². The van der Waals surface area contributed by atoms with Crippen molar-refractivity contribution >= 4 is 5.91 Å². The van der Waals surface area contributed by atoms with Crippen LogP contribution in [0.1, 0.15) is 48.7 Å². The van der Waals surface area contributed by atoms with Gasteiger partial charge >= 0.3 is 0 Å². The van der Waals surface area contributed by atoms with E-state index in [4.69, 9.17) is 4.74 Å². The van der Waals surface area contributed by atoms with E-state index < -0.39 is 0 Å². The molecule has 2 fully saturated rings. The zero-order valence-corrected chi connectivity index (χ0v) is 13.7. The van der Waals surface area contributed by atoms with Gasteiger partial charge in [-0.05, 0) is 39.5 Å². The van der Waals surface area contributed by atoms with Crippen LogP contribution >= 0.6 is 0 Å². The van der Waals surface area contributed by atoms with Crippen LogP contribution in [-0.4, -0.2) is 28.8 Å². The number of ether oxygens (including phenoxy) is 1. The maximum absolute atomic E-state index is 11.9. The van der Waals surface area contributed by atoms with Crippen molar-refractivity contribution in [3.8, 4) is 0 Å². The van der Waals surface area contributed by atoms with Crippen molar-refractivity contribution in [2.24, 2.45) is 13.0 Å². The summed E-state index contributed by atoms with van der Waals surface area (Å²) < 4.78 is 7.86. The quantitative estimate of drug-likeness (QED) is 0.869. The van der Waals surface area contributed by atoms with Crippen LogP contribution in [0.2, 0.25) is 0 Å². The lowest BCUT2D eigenvalue weighted by molar-refractivity contribution is -0.116. The SMILES string of the molecule is Cc1nn(C)c(C)c1[C@H]1OCC[C@@H]1CNC(=O)C=C1CCC1. The maximum Gasteiger partial charge on any atom is 0.243 e.